The van der Waals surface area contributed by atoms with Crippen LogP contribution in [0.1, 0.15) is 26.7 Å². The van der Waals surface area contributed by atoms with Gasteiger partial charge in [0.25, 0.3) is 0 Å². The Morgan fingerprint density at radius 3 is 2.31 bits per heavy atom. The van der Waals surface area contributed by atoms with Crippen molar-refractivity contribution in [3.05, 3.63) is 0 Å². The third-order valence-electron chi connectivity index (χ3n) is 3.15. The maximum atomic E-state index is 11.8. The highest BCUT2D eigenvalue weighted by Crippen LogP contribution is 2.21. The summed E-state index contributed by atoms with van der Waals surface area (Å²) in [6.45, 7) is 5.73. The Labute approximate surface area is 97.4 Å². The molecule has 0 spiro atoms. The minimum absolute atomic E-state index is 0.115. The number of ketones is 1. The summed E-state index contributed by atoms with van der Waals surface area (Å²) in [5.74, 6) is 0.766. The number of carbonyl (C=O) groups excluding carboxylic acids is 2. The van der Waals surface area contributed by atoms with Gasteiger partial charge in [-0.2, -0.15) is 0 Å². The van der Waals surface area contributed by atoms with Gasteiger partial charge < -0.3 is 10.2 Å². The van der Waals surface area contributed by atoms with Crippen LogP contribution in [0.2, 0.25) is 0 Å². The molecular weight excluding hydrogens is 204 g/mol. The number of likely N-dealkylation sites (N-methyl/N-ethyl adjacent to an activating group) is 1. The van der Waals surface area contributed by atoms with Crippen molar-refractivity contribution in [2.24, 2.45) is 11.8 Å². The molecule has 1 amide bonds. The second kappa shape index (κ2) is 5.99. The Kier molecular flexibility index (Phi) is 4.93. The van der Waals surface area contributed by atoms with E-state index in [1.54, 1.807) is 7.05 Å². The average molecular weight is 226 g/mol. The molecule has 1 saturated heterocycles. The lowest BCUT2D eigenvalue weighted by molar-refractivity contribution is -0.135. The first-order valence-corrected chi connectivity index (χ1v) is 6.02. The number of amides is 1. The Morgan fingerprint density at radius 1 is 1.31 bits per heavy atom. The molecule has 4 nitrogen and oxygen atoms in total. The fourth-order valence-electron chi connectivity index (χ4n) is 2.15. The van der Waals surface area contributed by atoms with E-state index in [0.717, 1.165) is 25.9 Å². The van der Waals surface area contributed by atoms with Gasteiger partial charge in [-0.25, -0.2) is 0 Å². The van der Waals surface area contributed by atoms with E-state index in [0.29, 0.717) is 12.3 Å². The molecule has 0 aromatic rings. The zero-order valence-corrected chi connectivity index (χ0v) is 10.5. The molecule has 0 unspecified atom stereocenters. The molecule has 4 heteroatoms. The zero-order chi connectivity index (χ0) is 12.1. The Bertz CT molecular complexity index is 256. The number of piperidine rings is 1. The quantitative estimate of drug-likeness (QED) is 0.766. The molecule has 0 bridgehead atoms. The Morgan fingerprint density at radius 2 is 1.88 bits per heavy atom. The lowest BCUT2D eigenvalue weighted by Crippen LogP contribution is -2.44. The largest absolute Gasteiger partial charge is 0.342 e. The number of hydrogen-bond acceptors (Lipinski definition) is 3. The molecular formula is C12H22N2O2. The van der Waals surface area contributed by atoms with Gasteiger partial charge in [0.05, 0.1) is 6.54 Å². The van der Waals surface area contributed by atoms with Gasteiger partial charge in [0.15, 0.2) is 0 Å². The molecule has 1 aliphatic heterocycles. The Hall–Kier alpha value is -0.900. The first-order valence-electron chi connectivity index (χ1n) is 6.02. The summed E-state index contributed by atoms with van der Waals surface area (Å²) in [7, 11) is 1.77. The van der Waals surface area contributed by atoms with E-state index >= 15 is 0 Å². The molecule has 1 N–H and O–H groups in total. The minimum Gasteiger partial charge on any atom is -0.342 e. The molecule has 0 aliphatic carbocycles. The molecule has 0 saturated carbocycles. The lowest BCUT2D eigenvalue weighted by Gasteiger charge is -2.32. The van der Waals surface area contributed by atoms with E-state index < -0.39 is 0 Å². The predicted molar refractivity (Wildman–Crippen MR) is 63.1 cm³/mol. The number of rotatable bonds is 4. The Balaban J connectivity index is 2.39. The number of carbonyl (C=O) groups is 2. The van der Waals surface area contributed by atoms with Gasteiger partial charge in [-0.3, -0.25) is 9.59 Å². The number of nitrogens with zero attached hydrogens (tertiary/aromatic N) is 1. The predicted octanol–water partition coefficient (Wildman–Crippen LogP) is 0.669. The number of nitrogens with one attached hydrogen (secondary N) is 1. The summed E-state index contributed by atoms with van der Waals surface area (Å²) in [5, 5.41) is 2.86. The van der Waals surface area contributed by atoms with Crippen molar-refractivity contribution in [3.8, 4) is 0 Å². The lowest BCUT2D eigenvalue weighted by atomic mass is 9.87. The van der Waals surface area contributed by atoms with Gasteiger partial charge in [0.2, 0.25) is 5.91 Å². The minimum atomic E-state index is 0.115. The summed E-state index contributed by atoms with van der Waals surface area (Å²) in [5.41, 5.74) is 0. The van der Waals surface area contributed by atoms with Crippen molar-refractivity contribution in [2.75, 3.05) is 26.7 Å². The van der Waals surface area contributed by atoms with Crippen molar-refractivity contribution in [1.29, 1.82) is 0 Å². The van der Waals surface area contributed by atoms with E-state index in [1.807, 2.05) is 18.7 Å². The molecule has 1 rings (SSSR count). The maximum Gasteiger partial charge on any atom is 0.236 e. The van der Waals surface area contributed by atoms with Crippen LogP contribution >= 0.6 is 0 Å². The molecule has 0 aromatic carbocycles. The first-order chi connectivity index (χ1) is 7.56. The van der Waals surface area contributed by atoms with Crippen molar-refractivity contribution in [3.63, 3.8) is 0 Å². The van der Waals surface area contributed by atoms with Crippen LogP contribution in [-0.2, 0) is 9.59 Å². The van der Waals surface area contributed by atoms with Crippen LogP contribution in [0.5, 0.6) is 0 Å². The van der Waals surface area contributed by atoms with Gasteiger partial charge >= 0.3 is 0 Å². The molecule has 1 fully saturated rings. The van der Waals surface area contributed by atoms with Gasteiger partial charge in [0, 0.05) is 24.9 Å². The third-order valence-corrected chi connectivity index (χ3v) is 3.15. The summed E-state index contributed by atoms with van der Waals surface area (Å²) in [4.78, 5) is 25.2. The average Bonchev–Trinajstić information content (AvgIpc) is 2.28. The van der Waals surface area contributed by atoms with E-state index in [9.17, 15) is 9.59 Å². The van der Waals surface area contributed by atoms with Crippen LogP contribution in [0.25, 0.3) is 0 Å². The van der Waals surface area contributed by atoms with Gasteiger partial charge in [-0.05, 0) is 19.9 Å². The van der Waals surface area contributed by atoms with E-state index in [4.69, 9.17) is 0 Å². The normalized spacial score (nSPS) is 17.9. The highest BCUT2D eigenvalue weighted by molar-refractivity contribution is 5.83. The van der Waals surface area contributed by atoms with Gasteiger partial charge in [-0.15, -0.1) is 0 Å². The third kappa shape index (κ3) is 3.30. The smallest absolute Gasteiger partial charge is 0.236 e. The van der Waals surface area contributed by atoms with E-state index in [2.05, 4.69) is 5.32 Å². The van der Waals surface area contributed by atoms with Crippen LogP contribution < -0.4 is 5.32 Å². The van der Waals surface area contributed by atoms with Crippen LogP contribution in [-0.4, -0.2) is 43.3 Å². The second-order valence-corrected chi connectivity index (χ2v) is 4.74. The highest BCUT2D eigenvalue weighted by Gasteiger charge is 2.27. The van der Waals surface area contributed by atoms with Crippen LogP contribution in [0.15, 0.2) is 0 Å². The molecule has 1 aliphatic rings. The molecule has 0 aromatic heterocycles. The molecule has 0 radical (unpaired) electrons. The fourth-order valence-corrected chi connectivity index (χ4v) is 2.15. The van der Waals surface area contributed by atoms with E-state index in [1.165, 1.54) is 0 Å². The van der Waals surface area contributed by atoms with Crippen molar-refractivity contribution < 1.29 is 9.59 Å². The zero-order valence-electron chi connectivity index (χ0n) is 10.5. The van der Waals surface area contributed by atoms with Crippen molar-refractivity contribution in [1.82, 2.24) is 10.2 Å². The second-order valence-electron chi connectivity index (χ2n) is 4.74. The standard InChI is InChI=1S/C12H22N2O2/c1-9(2)12(16)10-4-6-14(7-5-10)11(15)8-13-3/h9-10,13H,4-8H2,1-3H3. The molecule has 1 heterocycles. The molecule has 16 heavy (non-hydrogen) atoms. The number of likely N-dealkylation sites (tertiary alicyclic amines) is 1. The summed E-state index contributed by atoms with van der Waals surface area (Å²) >= 11 is 0. The topological polar surface area (TPSA) is 49.4 Å². The van der Waals surface area contributed by atoms with Crippen molar-refractivity contribution >= 4 is 11.7 Å². The van der Waals surface area contributed by atoms with Crippen molar-refractivity contribution in [2.45, 2.75) is 26.7 Å². The SMILES string of the molecule is CNCC(=O)N1CCC(C(=O)C(C)C)CC1. The number of Topliss-reactive ketones (excluding diaryl/α,β-unsaturated/α-hetero) is 1. The summed E-state index contributed by atoms with van der Waals surface area (Å²) in [6, 6.07) is 0. The first kappa shape index (κ1) is 13.2. The van der Waals surface area contributed by atoms with E-state index in [-0.39, 0.29) is 17.7 Å². The van der Waals surface area contributed by atoms with Crippen LogP contribution in [0.3, 0.4) is 0 Å². The van der Waals surface area contributed by atoms with Crippen LogP contribution in [0, 0.1) is 11.8 Å². The van der Waals surface area contributed by atoms with Gasteiger partial charge in [0.1, 0.15) is 5.78 Å². The van der Waals surface area contributed by atoms with Crippen LogP contribution in [0.4, 0.5) is 0 Å². The summed E-state index contributed by atoms with van der Waals surface area (Å²) < 4.78 is 0. The maximum absolute atomic E-state index is 11.8. The fraction of sp³-hybridized carbons (Fsp3) is 0.833. The molecule has 92 valence electrons. The highest BCUT2D eigenvalue weighted by atomic mass is 16.2. The van der Waals surface area contributed by atoms with Gasteiger partial charge in [-0.1, -0.05) is 13.8 Å². The summed E-state index contributed by atoms with van der Waals surface area (Å²) in [6.07, 6.45) is 1.65. The monoisotopic (exact) mass is 226 g/mol. The number of hydrogen-bond donors (Lipinski definition) is 1. The molecule has 0 atom stereocenters.